The fourth-order valence-electron chi connectivity index (χ4n) is 4.53. The second-order valence-electron chi connectivity index (χ2n) is 10.2. The Morgan fingerprint density at radius 2 is 1.92 bits per heavy atom. The number of carbonyl (C=O) groups is 2. The maximum Gasteiger partial charge on any atom is 0.255 e. The van der Waals surface area contributed by atoms with Gasteiger partial charge in [0.05, 0.1) is 18.3 Å². The molecule has 0 saturated carbocycles. The average Bonchev–Trinajstić information content (AvgIpc) is 3.27. The number of hydrogen-bond acceptors (Lipinski definition) is 7. The van der Waals surface area contributed by atoms with Crippen molar-refractivity contribution < 1.29 is 24.2 Å². The molecule has 3 unspecified atom stereocenters. The van der Waals surface area contributed by atoms with Gasteiger partial charge >= 0.3 is 0 Å². The van der Waals surface area contributed by atoms with Crippen LogP contribution in [0.1, 0.15) is 56.8 Å². The van der Waals surface area contributed by atoms with Crippen molar-refractivity contribution in [2.75, 3.05) is 46.5 Å². The molecule has 1 aromatic carbocycles. The van der Waals surface area contributed by atoms with Gasteiger partial charge in [-0.2, -0.15) is 0 Å². The first kappa shape index (κ1) is 33.1. The minimum absolute atomic E-state index is 0. The Bertz CT molecular complexity index is 813. The molecule has 0 spiro atoms. The van der Waals surface area contributed by atoms with Gasteiger partial charge in [0.15, 0.2) is 0 Å². The van der Waals surface area contributed by atoms with Crippen molar-refractivity contribution in [1.82, 2.24) is 15.5 Å². The van der Waals surface area contributed by atoms with Crippen LogP contribution in [0.3, 0.4) is 0 Å². The number of nitrogens with one attached hydrogen (secondary N) is 2. The molecule has 0 bridgehead atoms. The molecule has 0 radical (unpaired) electrons. The summed E-state index contributed by atoms with van der Waals surface area (Å²) in [5.74, 6) is 0.766. The van der Waals surface area contributed by atoms with Crippen LogP contribution in [0.2, 0.25) is 0 Å². The summed E-state index contributed by atoms with van der Waals surface area (Å²) in [7, 11) is 1.68. The van der Waals surface area contributed by atoms with Crippen LogP contribution in [0.4, 0.5) is 0 Å². The highest BCUT2D eigenvalue weighted by atomic mass is 35.5. The first-order chi connectivity index (χ1) is 17.2. The quantitative estimate of drug-likeness (QED) is 0.236. The van der Waals surface area contributed by atoms with E-state index in [2.05, 4.69) is 29.4 Å². The average molecular weight is 543 g/mol. The van der Waals surface area contributed by atoms with E-state index in [1.165, 1.54) is 6.92 Å². The first-order valence-corrected chi connectivity index (χ1v) is 13.1. The Morgan fingerprint density at radius 3 is 2.59 bits per heavy atom. The van der Waals surface area contributed by atoms with Crippen LogP contribution in [0.5, 0.6) is 5.75 Å². The predicted molar refractivity (Wildman–Crippen MR) is 148 cm³/mol. The van der Waals surface area contributed by atoms with Crippen molar-refractivity contribution >= 4 is 24.2 Å². The number of halogens is 1. The van der Waals surface area contributed by atoms with E-state index >= 15 is 0 Å². The third kappa shape index (κ3) is 12.0. The number of benzene rings is 1. The molecule has 10 heteroatoms. The minimum Gasteiger partial charge on any atom is -0.493 e. The lowest BCUT2D eigenvalue weighted by Crippen LogP contribution is -2.46. The molecular weight excluding hydrogens is 496 g/mol. The standard InChI is InChI=1S/C27H46N4O5.ClH/c1-19(2)21(15-24(28)25(33)18-31-12-11-22(17-31)30-20(3)32)16-29-27(34)23-9-5-6-10-26(23)36-14-8-7-13-35-4;/h5-6,9-10,19,21-22,24-25,33H,7-8,11-18,28H2,1-4H3,(H,29,34)(H,30,32);1H/t21?,22-,24?,25?;/m0./s1. The maximum atomic E-state index is 13.0. The Morgan fingerprint density at radius 1 is 1.22 bits per heavy atom. The summed E-state index contributed by atoms with van der Waals surface area (Å²) in [6.45, 7) is 9.43. The number of nitrogens with zero attached hydrogens (tertiary/aromatic N) is 1. The molecule has 212 valence electrons. The molecular formula is C27H47ClN4O5. The van der Waals surface area contributed by atoms with E-state index in [0.29, 0.717) is 44.0 Å². The zero-order valence-electron chi connectivity index (χ0n) is 22.8. The highest BCUT2D eigenvalue weighted by molar-refractivity contribution is 5.96. The fraction of sp³-hybridized carbons (Fsp3) is 0.704. The van der Waals surface area contributed by atoms with Crippen molar-refractivity contribution in [3.8, 4) is 5.75 Å². The van der Waals surface area contributed by atoms with Crippen LogP contribution in [0, 0.1) is 11.8 Å². The van der Waals surface area contributed by atoms with E-state index in [1.54, 1.807) is 13.2 Å². The largest absolute Gasteiger partial charge is 0.493 e. The van der Waals surface area contributed by atoms with Gasteiger partial charge in [0.1, 0.15) is 5.75 Å². The maximum absolute atomic E-state index is 13.0. The Hall–Kier alpha value is -1.91. The SMILES string of the molecule is COCCCCOc1ccccc1C(=O)NCC(CC(N)C(O)CN1CC[C@H](NC(C)=O)C1)C(C)C.Cl. The Kier molecular flexibility index (Phi) is 15.7. The van der Waals surface area contributed by atoms with E-state index < -0.39 is 12.1 Å². The van der Waals surface area contributed by atoms with E-state index in [0.717, 1.165) is 32.4 Å². The highest BCUT2D eigenvalue weighted by Gasteiger charge is 2.28. The summed E-state index contributed by atoms with van der Waals surface area (Å²) >= 11 is 0. The number of hydrogen-bond donors (Lipinski definition) is 4. The Balaban J connectivity index is 0.00000684. The van der Waals surface area contributed by atoms with E-state index in [1.807, 2.05) is 18.2 Å². The summed E-state index contributed by atoms with van der Waals surface area (Å²) in [5, 5.41) is 16.7. The molecule has 4 atom stereocenters. The van der Waals surface area contributed by atoms with Gasteiger partial charge in [0.2, 0.25) is 5.91 Å². The number of carbonyl (C=O) groups excluding carboxylic acids is 2. The topological polar surface area (TPSA) is 126 Å². The summed E-state index contributed by atoms with van der Waals surface area (Å²) in [4.78, 5) is 26.4. The number of para-hydroxylation sites is 1. The molecule has 0 aliphatic carbocycles. The van der Waals surface area contributed by atoms with E-state index in [9.17, 15) is 14.7 Å². The second kappa shape index (κ2) is 17.6. The number of aliphatic hydroxyl groups is 1. The molecule has 1 saturated heterocycles. The number of β-amino-alcohol motifs (C(OH)–C–C–N with tert-alkyl or cyclic N) is 1. The van der Waals surface area contributed by atoms with Gasteiger partial charge in [-0.05, 0) is 49.7 Å². The molecule has 1 aromatic rings. The lowest BCUT2D eigenvalue weighted by molar-refractivity contribution is -0.119. The zero-order valence-corrected chi connectivity index (χ0v) is 23.6. The van der Waals surface area contributed by atoms with Gasteiger partial charge in [0.25, 0.3) is 5.91 Å². The number of rotatable bonds is 16. The van der Waals surface area contributed by atoms with Crippen molar-refractivity contribution in [3.63, 3.8) is 0 Å². The van der Waals surface area contributed by atoms with Crippen LogP contribution in [-0.4, -0.2) is 86.5 Å². The van der Waals surface area contributed by atoms with Crippen LogP contribution in [-0.2, 0) is 9.53 Å². The number of aliphatic hydroxyl groups excluding tert-OH is 1. The van der Waals surface area contributed by atoms with Crippen molar-refractivity contribution in [1.29, 1.82) is 0 Å². The van der Waals surface area contributed by atoms with Crippen molar-refractivity contribution in [2.24, 2.45) is 17.6 Å². The Labute approximate surface area is 228 Å². The lowest BCUT2D eigenvalue weighted by Gasteiger charge is -2.29. The third-order valence-corrected chi connectivity index (χ3v) is 6.79. The number of unbranched alkanes of at least 4 members (excludes halogenated alkanes) is 1. The summed E-state index contributed by atoms with van der Waals surface area (Å²) in [5.41, 5.74) is 6.91. The van der Waals surface area contributed by atoms with E-state index in [-0.39, 0.29) is 42.1 Å². The van der Waals surface area contributed by atoms with Crippen LogP contribution in [0.25, 0.3) is 0 Å². The number of methoxy groups -OCH3 is 1. The molecule has 1 aliphatic rings. The summed E-state index contributed by atoms with van der Waals surface area (Å²) < 4.78 is 10.9. The first-order valence-electron chi connectivity index (χ1n) is 13.1. The second-order valence-corrected chi connectivity index (χ2v) is 10.2. The molecule has 9 nitrogen and oxygen atoms in total. The highest BCUT2D eigenvalue weighted by Crippen LogP contribution is 2.21. The van der Waals surface area contributed by atoms with Crippen LogP contribution < -0.4 is 21.1 Å². The van der Waals surface area contributed by atoms with Crippen LogP contribution in [0.15, 0.2) is 24.3 Å². The molecule has 1 fully saturated rings. The fourth-order valence-corrected chi connectivity index (χ4v) is 4.53. The molecule has 2 rings (SSSR count). The normalized spacial score (nSPS) is 18.1. The van der Waals surface area contributed by atoms with Gasteiger partial charge < -0.3 is 30.9 Å². The molecule has 1 heterocycles. The number of ether oxygens (including phenoxy) is 2. The summed E-state index contributed by atoms with van der Waals surface area (Å²) in [6.07, 6.45) is 2.55. The monoisotopic (exact) mass is 542 g/mol. The molecule has 1 aliphatic heterocycles. The predicted octanol–water partition coefficient (Wildman–Crippen LogP) is 2.20. The van der Waals surface area contributed by atoms with E-state index in [4.69, 9.17) is 15.2 Å². The molecule has 37 heavy (non-hydrogen) atoms. The molecule has 2 amide bonds. The lowest BCUT2D eigenvalue weighted by atomic mass is 9.87. The minimum atomic E-state index is -0.676. The van der Waals surface area contributed by atoms with Gasteiger partial charge in [-0.3, -0.25) is 14.5 Å². The van der Waals surface area contributed by atoms with Gasteiger partial charge in [0, 0.05) is 58.9 Å². The van der Waals surface area contributed by atoms with Crippen molar-refractivity contribution in [3.05, 3.63) is 29.8 Å². The van der Waals surface area contributed by atoms with Gasteiger partial charge in [-0.15, -0.1) is 12.4 Å². The number of nitrogens with two attached hydrogens (primary N) is 1. The van der Waals surface area contributed by atoms with Crippen LogP contribution >= 0.6 is 12.4 Å². The number of amides is 2. The molecule has 0 aromatic heterocycles. The molecule has 5 N–H and O–H groups in total. The van der Waals surface area contributed by atoms with Crippen molar-refractivity contribution in [2.45, 2.75) is 64.6 Å². The summed E-state index contributed by atoms with van der Waals surface area (Å²) in [6, 6.07) is 6.99. The smallest absolute Gasteiger partial charge is 0.255 e. The van der Waals surface area contributed by atoms with Gasteiger partial charge in [-0.25, -0.2) is 0 Å². The number of likely N-dealkylation sites (tertiary alicyclic amines) is 1. The third-order valence-electron chi connectivity index (χ3n) is 6.79. The zero-order chi connectivity index (χ0) is 26.5. The van der Waals surface area contributed by atoms with Gasteiger partial charge in [-0.1, -0.05) is 26.0 Å².